The van der Waals surface area contributed by atoms with E-state index in [0.29, 0.717) is 12.3 Å². The predicted molar refractivity (Wildman–Crippen MR) is 108 cm³/mol. The Labute approximate surface area is 168 Å². The van der Waals surface area contributed by atoms with Crippen LogP contribution in [-0.4, -0.2) is 47.2 Å². The maximum Gasteiger partial charge on any atom is 0.411 e. The second-order valence-corrected chi connectivity index (χ2v) is 8.52. The first-order valence-corrected chi connectivity index (χ1v) is 11.0. The summed E-state index contributed by atoms with van der Waals surface area (Å²) in [7, 11) is 0. The zero-order chi connectivity index (χ0) is 19.3. The molecule has 2 heterocycles. The number of aryl methyl sites for hydroxylation is 1. The van der Waals surface area contributed by atoms with Crippen LogP contribution in [0.15, 0.2) is 30.3 Å². The van der Waals surface area contributed by atoms with Gasteiger partial charge in [-0.15, -0.1) is 0 Å². The lowest BCUT2D eigenvalue weighted by atomic mass is 9.85. The largest absolute Gasteiger partial charge is 0.425 e. The molecule has 152 valence electrons. The molecule has 0 N–H and O–H groups in total. The van der Waals surface area contributed by atoms with E-state index in [0.717, 1.165) is 58.0 Å². The number of nitrogens with zero attached hydrogens (tertiary/aromatic N) is 2. The van der Waals surface area contributed by atoms with Crippen LogP contribution in [0.1, 0.15) is 63.4 Å². The Morgan fingerprint density at radius 1 is 1.00 bits per heavy atom. The summed E-state index contributed by atoms with van der Waals surface area (Å²) >= 11 is 0. The number of carbonyl (C=O) groups excluding carboxylic acids is 2. The third kappa shape index (κ3) is 4.34. The Bertz CT molecular complexity index is 672. The van der Waals surface area contributed by atoms with E-state index in [1.54, 1.807) is 4.90 Å². The first-order chi connectivity index (χ1) is 13.7. The van der Waals surface area contributed by atoms with Gasteiger partial charge in [0.15, 0.2) is 6.23 Å². The molecule has 3 aliphatic rings. The summed E-state index contributed by atoms with van der Waals surface area (Å²) in [5.41, 5.74) is 1.27. The minimum Gasteiger partial charge on any atom is -0.425 e. The van der Waals surface area contributed by atoms with Gasteiger partial charge in [-0.3, -0.25) is 4.79 Å². The number of likely N-dealkylation sites (tertiary alicyclic amines) is 2. The number of rotatable bonds is 5. The van der Waals surface area contributed by atoms with E-state index >= 15 is 0 Å². The van der Waals surface area contributed by atoms with Gasteiger partial charge in [-0.2, -0.15) is 0 Å². The normalized spacial score (nSPS) is 26.9. The number of benzene rings is 1. The van der Waals surface area contributed by atoms with Gasteiger partial charge in [0.25, 0.3) is 0 Å². The zero-order valence-corrected chi connectivity index (χ0v) is 16.7. The molecule has 5 heteroatoms. The van der Waals surface area contributed by atoms with E-state index < -0.39 is 0 Å². The van der Waals surface area contributed by atoms with Gasteiger partial charge >= 0.3 is 6.09 Å². The third-order valence-corrected chi connectivity index (χ3v) is 6.63. The van der Waals surface area contributed by atoms with Crippen molar-refractivity contribution >= 4 is 12.0 Å². The standard InChI is InChI=1S/C23H32N2O3/c26-21(14-8-11-18-9-2-1-3-10-18)25-20-13-5-4-12-19(20)17-22(25)28-23(27)24-15-6-7-16-24/h1-3,9-10,19-20,22H,4-8,11-17H2/t19-,20?,22-/m1/s1. The summed E-state index contributed by atoms with van der Waals surface area (Å²) in [5.74, 6) is 0.646. The monoisotopic (exact) mass is 384 g/mol. The van der Waals surface area contributed by atoms with Crippen molar-refractivity contribution in [3.05, 3.63) is 35.9 Å². The Hall–Kier alpha value is -2.04. The van der Waals surface area contributed by atoms with Gasteiger partial charge in [-0.25, -0.2) is 4.79 Å². The average molecular weight is 385 g/mol. The zero-order valence-electron chi connectivity index (χ0n) is 16.7. The van der Waals surface area contributed by atoms with Crippen LogP contribution in [0.5, 0.6) is 0 Å². The van der Waals surface area contributed by atoms with E-state index in [9.17, 15) is 9.59 Å². The molecule has 1 unspecified atom stereocenters. The molecule has 2 saturated heterocycles. The van der Waals surface area contributed by atoms with Crippen LogP contribution in [0.3, 0.4) is 0 Å². The second kappa shape index (κ2) is 8.97. The summed E-state index contributed by atoms with van der Waals surface area (Å²) in [6.45, 7) is 1.56. The minimum absolute atomic E-state index is 0.157. The van der Waals surface area contributed by atoms with E-state index in [4.69, 9.17) is 4.74 Å². The molecule has 1 aliphatic carbocycles. The summed E-state index contributed by atoms with van der Waals surface area (Å²) in [6.07, 6.45) is 9.17. The van der Waals surface area contributed by atoms with Crippen LogP contribution >= 0.6 is 0 Å². The fourth-order valence-corrected chi connectivity index (χ4v) is 5.17. The molecule has 0 bridgehead atoms. The molecule has 2 amide bonds. The molecule has 1 saturated carbocycles. The van der Waals surface area contributed by atoms with Crippen molar-refractivity contribution in [3.63, 3.8) is 0 Å². The fourth-order valence-electron chi connectivity index (χ4n) is 5.17. The summed E-state index contributed by atoms with van der Waals surface area (Å²) < 4.78 is 5.88. The maximum atomic E-state index is 13.1. The Morgan fingerprint density at radius 2 is 1.75 bits per heavy atom. The van der Waals surface area contributed by atoms with Crippen molar-refractivity contribution in [2.45, 2.75) is 76.5 Å². The molecular weight excluding hydrogens is 352 g/mol. The second-order valence-electron chi connectivity index (χ2n) is 8.52. The minimum atomic E-state index is -0.370. The lowest BCUT2D eigenvalue weighted by Gasteiger charge is -2.34. The quantitative estimate of drug-likeness (QED) is 0.758. The van der Waals surface area contributed by atoms with Gasteiger partial charge in [0.05, 0.1) is 0 Å². The number of carbonyl (C=O) groups is 2. The number of hydrogen-bond donors (Lipinski definition) is 0. The number of hydrogen-bond acceptors (Lipinski definition) is 3. The summed E-state index contributed by atoms with van der Waals surface area (Å²) in [6, 6.07) is 10.6. The summed E-state index contributed by atoms with van der Waals surface area (Å²) in [5, 5.41) is 0. The molecule has 1 aromatic rings. The molecule has 2 aliphatic heterocycles. The molecule has 28 heavy (non-hydrogen) atoms. The summed E-state index contributed by atoms with van der Waals surface area (Å²) in [4.78, 5) is 29.4. The van der Waals surface area contributed by atoms with Gasteiger partial charge in [-0.05, 0) is 50.0 Å². The topological polar surface area (TPSA) is 49.9 Å². The van der Waals surface area contributed by atoms with Crippen molar-refractivity contribution in [1.82, 2.24) is 9.80 Å². The van der Waals surface area contributed by atoms with Crippen LogP contribution in [-0.2, 0) is 16.0 Å². The van der Waals surface area contributed by atoms with Gasteiger partial charge in [0.2, 0.25) is 5.91 Å². The molecule has 3 atom stereocenters. The van der Waals surface area contributed by atoms with E-state index in [-0.39, 0.29) is 24.3 Å². The SMILES string of the molecule is O=C(O[C@@H]1C[C@H]2CCCCC2N1C(=O)CCCc1ccccc1)N1CCCC1. The highest BCUT2D eigenvalue weighted by atomic mass is 16.6. The van der Waals surface area contributed by atoms with Crippen LogP contribution < -0.4 is 0 Å². The highest BCUT2D eigenvalue weighted by Crippen LogP contribution is 2.40. The number of ether oxygens (including phenoxy) is 1. The van der Waals surface area contributed by atoms with Crippen LogP contribution in [0.25, 0.3) is 0 Å². The first kappa shape index (κ1) is 19.3. The van der Waals surface area contributed by atoms with Crippen LogP contribution in [0.4, 0.5) is 4.79 Å². The Balaban J connectivity index is 1.38. The lowest BCUT2D eigenvalue weighted by Crippen LogP contribution is -2.46. The molecule has 0 spiro atoms. The lowest BCUT2D eigenvalue weighted by molar-refractivity contribution is -0.142. The van der Waals surface area contributed by atoms with Crippen LogP contribution in [0.2, 0.25) is 0 Å². The van der Waals surface area contributed by atoms with Gasteiger partial charge in [0.1, 0.15) is 0 Å². The van der Waals surface area contributed by atoms with Crippen molar-refractivity contribution < 1.29 is 14.3 Å². The smallest absolute Gasteiger partial charge is 0.411 e. The molecule has 1 aromatic carbocycles. The molecule has 5 nitrogen and oxygen atoms in total. The van der Waals surface area contributed by atoms with E-state index in [2.05, 4.69) is 12.1 Å². The number of amides is 2. The highest BCUT2D eigenvalue weighted by Gasteiger charge is 2.46. The molecule has 4 rings (SSSR count). The van der Waals surface area contributed by atoms with E-state index in [1.165, 1.54) is 18.4 Å². The van der Waals surface area contributed by atoms with Gasteiger partial charge in [0, 0.05) is 32.0 Å². The molecule has 3 fully saturated rings. The Morgan fingerprint density at radius 3 is 2.54 bits per heavy atom. The molecule has 0 radical (unpaired) electrons. The fraction of sp³-hybridized carbons (Fsp3) is 0.652. The average Bonchev–Trinajstić information content (AvgIpc) is 3.36. The highest BCUT2D eigenvalue weighted by molar-refractivity contribution is 5.78. The van der Waals surface area contributed by atoms with Crippen molar-refractivity contribution in [1.29, 1.82) is 0 Å². The van der Waals surface area contributed by atoms with Gasteiger partial charge in [-0.1, -0.05) is 43.2 Å². The third-order valence-electron chi connectivity index (χ3n) is 6.63. The van der Waals surface area contributed by atoms with Crippen LogP contribution in [0, 0.1) is 5.92 Å². The van der Waals surface area contributed by atoms with E-state index in [1.807, 2.05) is 23.1 Å². The molecular formula is C23H32N2O3. The van der Waals surface area contributed by atoms with Crippen molar-refractivity contribution in [2.75, 3.05) is 13.1 Å². The maximum absolute atomic E-state index is 13.1. The van der Waals surface area contributed by atoms with Gasteiger partial charge < -0.3 is 14.5 Å². The van der Waals surface area contributed by atoms with Crippen molar-refractivity contribution in [3.8, 4) is 0 Å². The number of fused-ring (bicyclic) bond motifs is 1. The van der Waals surface area contributed by atoms with Crippen molar-refractivity contribution in [2.24, 2.45) is 5.92 Å². The first-order valence-electron chi connectivity index (χ1n) is 11.0. The molecule has 0 aromatic heterocycles. The predicted octanol–water partition coefficient (Wildman–Crippen LogP) is 4.36. The Kier molecular flexibility index (Phi) is 6.18.